The van der Waals surface area contributed by atoms with Crippen molar-refractivity contribution in [3.05, 3.63) is 247 Å². The molecule has 59 heavy (non-hydrogen) atoms. The molecule has 9 aromatic carbocycles. The molecule has 0 fully saturated rings. The second-order valence-electron chi connectivity index (χ2n) is 15.1. The standard InChI is InChI=1S/C56H37N3/c1-5-17-38(18-6-1)42-21-15-22-43(37-42)55-58-53(40-19-7-2-8-20-40)57-54(59-55)41-33-31-39(32-34-41)46-28-16-29-49-47(46)35-36-50-48-27-13-14-30-51(48)56(52(49)50,44-23-9-3-10-24-44)45-25-11-4-12-26-45/h1-37H. The lowest BCUT2D eigenvalue weighted by atomic mass is 9.66. The van der Waals surface area contributed by atoms with Crippen LogP contribution in [-0.2, 0) is 5.41 Å². The van der Waals surface area contributed by atoms with Gasteiger partial charge < -0.3 is 0 Å². The van der Waals surface area contributed by atoms with E-state index in [4.69, 9.17) is 15.0 Å². The monoisotopic (exact) mass is 751 g/mol. The predicted octanol–water partition coefficient (Wildman–Crippen LogP) is 13.7. The topological polar surface area (TPSA) is 38.7 Å². The summed E-state index contributed by atoms with van der Waals surface area (Å²) in [6.45, 7) is 0. The van der Waals surface area contributed by atoms with Crippen LogP contribution >= 0.6 is 0 Å². The van der Waals surface area contributed by atoms with E-state index in [0.717, 1.165) is 33.4 Å². The summed E-state index contributed by atoms with van der Waals surface area (Å²) in [5.41, 5.74) is 14.6. The second kappa shape index (κ2) is 14.3. The quantitative estimate of drug-likeness (QED) is 0.163. The van der Waals surface area contributed by atoms with Crippen LogP contribution in [0.15, 0.2) is 224 Å². The van der Waals surface area contributed by atoms with Gasteiger partial charge in [-0.25, -0.2) is 15.0 Å². The third-order valence-corrected chi connectivity index (χ3v) is 11.8. The third kappa shape index (κ3) is 5.78. The zero-order chi connectivity index (χ0) is 39.2. The normalized spacial score (nSPS) is 12.5. The summed E-state index contributed by atoms with van der Waals surface area (Å²) >= 11 is 0. The van der Waals surface area contributed by atoms with Crippen molar-refractivity contribution in [2.45, 2.75) is 5.41 Å². The van der Waals surface area contributed by atoms with Crippen LogP contribution < -0.4 is 0 Å². The molecule has 3 nitrogen and oxygen atoms in total. The van der Waals surface area contributed by atoms with Crippen LogP contribution in [0.4, 0.5) is 0 Å². The maximum absolute atomic E-state index is 5.10. The number of aromatic nitrogens is 3. The van der Waals surface area contributed by atoms with Gasteiger partial charge in [0.15, 0.2) is 17.5 Å². The second-order valence-corrected chi connectivity index (χ2v) is 15.1. The van der Waals surface area contributed by atoms with Gasteiger partial charge >= 0.3 is 0 Å². The average Bonchev–Trinajstić information content (AvgIpc) is 3.64. The lowest BCUT2D eigenvalue weighted by molar-refractivity contribution is 0.775. The van der Waals surface area contributed by atoms with E-state index in [1.54, 1.807) is 0 Å². The molecule has 0 amide bonds. The molecule has 0 radical (unpaired) electrons. The van der Waals surface area contributed by atoms with E-state index >= 15 is 0 Å². The Kier molecular flexibility index (Phi) is 8.37. The zero-order valence-electron chi connectivity index (χ0n) is 32.2. The van der Waals surface area contributed by atoms with Crippen molar-refractivity contribution in [2.75, 3.05) is 0 Å². The molecule has 11 rings (SSSR count). The summed E-state index contributed by atoms with van der Waals surface area (Å²) in [5.74, 6) is 1.92. The molecule has 276 valence electrons. The van der Waals surface area contributed by atoms with Crippen LogP contribution in [0.25, 0.3) is 78.3 Å². The highest BCUT2D eigenvalue weighted by Gasteiger charge is 2.47. The van der Waals surface area contributed by atoms with Crippen molar-refractivity contribution in [3.8, 4) is 67.5 Å². The first-order valence-corrected chi connectivity index (χ1v) is 20.1. The van der Waals surface area contributed by atoms with Gasteiger partial charge in [0, 0.05) is 16.7 Å². The van der Waals surface area contributed by atoms with E-state index < -0.39 is 5.41 Å². The summed E-state index contributed by atoms with van der Waals surface area (Å²) in [6.07, 6.45) is 0. The van der Waals surface area contributed by atoms with Gasteiger partial charge in [0.1, 0.15) is 0 Å². The number of hydrogen-bond donors (Lipinski definition) is 0. The van der Waals surface area contributed by atoms with Gasteiger partial charge in [-0.2, -0.15) is 0 Å². The molecule has 1 aliphatic carbocycles. The molecular formula is C56H37N3. The van der Waals surface area contributed by atoms with Crippen molar-refractivity contribution < 1.29 is 0 Å². The van der Waals surface area contributed by atoms with E-state index in [0.29, 0.717) is 17.5 Å². The molecule has 1 aliphatic rings. The average molecular weight is 752 g/mol. The van der Waals surface area contributed by atoms with Crippen molar-refractivity contribution in [1.82, 2.24) is 15.0 Å². The molecule has 1 heterocycles. The maximum Gasteiger partial charge on any atom is 0.164 e. The fourth-order valence-corrected chi connectivity index (χ4v) is 9.18. The first kappa shape index (κ1) is 34.5. The Bertz CT molecular complexity index is 3080. The highest BCUT2D eigenvalue weighted by Crippen LogP contribution is 2.58. The number of fused-ring (bicyclic) bond motifs is 5. The first-order chi connectivity index (χ1) is 29.3. The number of benzene rings is 9. The van der Waals surface area contributed by atoms with Crippen LogP contribution in [0, 0.1) is 0 Å². The smallest absolute Gasteiger partial charge is 0.164 e. The van der Waals surface area contributed by atoms with Gasteiger partial charge in [-0.05, 0) is 72.5 Å². The SMILES string of the molecule is c1ccc(-c2cccc(-c3nc(-c4ccccc4)nc(-c4ccc(-c5cccc6c7c(ccc56)-c5ccccc5C7(c5ccccc5)c5ccccc5)cc4)n3)c2)cc1. The minimum absolute atomic E-state index is 0.482. The Labute approximate surface area is 344 Å². The molecule has 1 aromatic heterocycles. The van der Waals surface area contributed by atoms with Crippen LogP contribution in [0.1, 0.15) is 22.3 Å². The van der Waals surface area contributed by atoms with E-state index in [2.05, 4.69) is 188 Å². The Morgan fingerprint density at radius 2 is 0.746 bits per heavy atom. The Morgan fingerprint density at radius 3 is 1.41 bits per heavy atom. The van der Waals surface area contributed by atoms with Crippen molar-refractivity contribution in [1.29, 1.82) is 0 Å². The highest BCUT2D eigenvalue weighted by molar-refractivity contribution is 6.05. The third-order valence-electron chi connectivity index (χ3n) is 11.8. The molecule has 0 N–H and O–H groups in total. The summed E-state index contributed by atoms with van der Waals surface area (Å²) in [6, 6.07) is 80.1. The largest absolute Gasteiger partial charge is 0.208 e. The lowest BCUT2D eigenvalue weighted by Crippen LogP contribution is -2.28. The summed E-state index contributed by atoms with van der Waals surface area (Å²) in [4.78, 5) is 15.1. The minimum atomic E-state index is -0.482. The minimum Gasteiger partial charge on any atom is -0.208 e. The van der Waals surface area contributed by atoms with Gasteiger partial charge in [0.2, 0.25) is 0 Å². The van der Waals surface area contributed by atoms with Gasteiger partial charge in [0.25, 0.3) is 0 Å². The Morgan fingerprint density at radius 1 is 0.271 bits per heavy atom. The molecule has 0 atom stereocenters. The molecule has 3 heteroatoms. The van der Waals surface area contributed by atoms with Crippen LogP contribution in [0.2, 0.25) is 0 Å². The molecule has 10 aromatic rings. The molecule has 0 saturated heterocycles. The number of rotatable bonds is 7. The number of hydrogen-bond acceptors (Lipinski definition) is 3. The van der Waals surface area contributed by atoms with E-state index in [1.165, 1.54) is 49.7 Å². The maximum atomic E-state index is 5.10. The van der Waals surface area contributed by atoms with Crippen LogP contribution in [-0.4, -0.2) is 15.0 Å². The molecule has 0 bridgehead atoms. The zero-order valence-corrected chi connectivity index (χ0v) is 32.2. The van der Waals surface area contributed by atoms with Gasteiger partial charge in [-0.1, -0.05) is 218 Å². The van der Waals surface area contributed by atoms with Crippen molar-refractivity contribution in [2.24, 2.45) is 0 Å². The summed E-state index contributed by atoms with van der Waals surface area (Å²) in [7, 11) is 0. The van der Waals surface area contributed by atoms with Gasteiger partial charge in [-0.15, -0.1) is 0 Å². The summed E-state index contributed by atoms with van der Waals surface area (Å²) in [5, 5.41) is 2.47. The lowest BCUT2D eigenvalue weighted by Gasteiger charge is -2.34. The summed E-state index contributed by atoms with van der Waals surface area (Å²) < 4.78 is 0. The molecule has 0 spiro atoms. The first-order valence-electron chi connectivity index (χ1n) is 20.1. The van der Waals surface area contributed by atoms with E-state index in [9.17, 15) is 0 Å². The Balaban J connectivity index is 1.05. The Hall–Kier alpha value is -7.75. The van der Waals surface area contributed by atoms with E-state index in [-0.39, 0.29) is 0 Å². The van der Waals surface area contributed by atoms with Crippen LogP contribution in [0.5, 0.6) is 0 Å². The predicted molar refractivity (Wildman–Crippen MR) is 242 cm³/mol. The fourth-order valence-electron chi connectivity index (χ4n) is 9.18. The number of nitrogens with zero attached hydrogens (tertiary/aromatic N) is 3. The van der Waals surface area contributed by atoms with Crippen molar-refractivity contribution >= 4 is 10.8 Å². The van der Waals surface area contributed by atoms with Crippen molar-refractivity contribution in [3.63, 3.8) is 0 Å². The molecule has 0 unspecified atom stereocenters. The molecular weight excluding hydrogens is 715 g/mol. The fraction of sp³-hybridized carbons (Fsp3) is 0.0179. The van der Waals surface area contributed by atoms with Crippen LogP contribution in [0.3, 0.4) is 0 Å². The molecule has 0 saturated carbocycles. The van der Waals surface area contributed by atoms with E-state index in [1.807, 2.05) is 36.4 Å². The highest BCUT2D eigenvalue weighted by atomic mass is 15.0. The van der Waals surface area contributed by atoms with Gasteiger partial charge in [0.05, 0.1) is 5.41 Å². The molecule has 0 aliphatic heterocycles. The van der Waals surface area contributed by atoms with Gasteiger partial charge in [-0.3, -0.25) is 0 Å².